The van der Waals surface area contributed by atoms with Gasteiger partial charge in [0, 0.05) is 10.6 Å². The number of nitrogens with zero attached hydrogens (tertiary/aromatic N) is 1. The zero-order valence-corrected chi connectivity index (χ0v) is 8.90. The Hall–Kier alpha value is -1.66. The van der Waals surface area contributed by atoms with E-state index in [0.29, 0.717) is 10.6 Å². The zero-order valence-electron chi connectivity index (χ0n) is 8.14. The fraction of sp³-hybridized carbons (Fsp3) is 0.182. The number of phenolic OH excluding ortho intramolecular Hbond substituents is 1. The second-order valence-electron chi connectivity index (χ2n) is 2.85. The monoisotopic (exact) mass is 223 g/mol. The van der Waals surface area contributed by atoms with Gasteiger partial charge in [0.1, 0.15) is 5.75 Å². The molecule has 0 aliphatic heterocycles. The molecular formula is C11H10ClNO2. The van der Waals surface area contributed by atoms with Gasteiger partial charge in [0.15, 0.2) is 6.10 Å². The van der Waals surface area contributed by atoms with E-state index in [0.717, 1.165) is 0 Å². The van der Waals surface area contributed by atoms with Gasteiger partial charge < -0.3 is 9.94 Å². The summed E-state index contributed by atoms with van der Waals surface area (Å²) in [7, 11) is 0. The highest BCUT2D eigenvalue weighted by Gasteiger charge is 1.99. The molecule has 1 N–H and O–H groups in total. The van der Waals surface area contributed by atoms with Crippen LogP contribution in [0.2, 0.25) is 5.02 Å². The van der Waals surface area contributed by atoms with Crippen molar-refractivity contribution < 1.29 is 9.94 Å². The first-order valence-corrected chi connectivity index (χ1v) is 4.65. The highest BCUT2D eigenvalue weighted by molar-refractivity contribution is 6.30. The van der Waals surface area contributed by atoms with E-state index in [4.69, 9.17) is 22.9 Å². The van der Waals surface area contributed by atoms with E-state index in [2.05, 4.69) is 11.1 Å². The Morgan fingerprint density at radius 2 is 2.40 bits per heavy atom. The third-order valence-corrected chi connectivity index (χ3v) is 1.87. The molecule has 0 aromatic heterocycles. The van der Waals surface area contributed by atoms with Crippen molar-refractivity contribution in [3.63, 3.8) is 0 Å². The highest BCUT2D eigenvalue weighted by Crippen LogP contribution is 2.19. The van der Waals surface area contributed by atoms with Crippen molar-refractivity contribution in [3.05, 3.63) is 28.8 Å². The lowest BCUT2D eigenvalue weighted by atomic mass is 10.2. The number of rotatable bonds is 3. The molecule has 15 heavy (non-hydrogen) atoms. The number of aromatic hydroxyl groups is 1. The van der Waals surface area contributed by atoms with Crippen LogP contribution in [0.1, 0.15) is 12.5 Å². The minimum Gasteiger partial charge on any atom is -0.507 e. The first-order chi connectivity index (χ1) is 7.13. The minimum absolute atomic E-state index is 0.0834. The van der Waals surface area contributed by atoms with Crippen LogP contribution in [-0.4, -0.2) is 17.4 Å². The molecule has 1 rings (SSSR count). The molecule has 4 heteroatoms. The molecule has 0 heterocycles. The molecule has 0 aliphatic rings. The third-order valence-electron chi connectivity index (χ3n) is 1.64. The Kier molecular flexibility index (Phi) is 4.02. The molecule has 1 atom stereocenters. The lowest BCUT2D eigenvalue weighted by Crippen LogP contribution is -1.99. The van der Waals surface area contributed by atoms with Gasteiger partial charge in [0.2, 0.25) is 0 Å². The van der Waals surface area contributed by atoms with Gasteiger partial charge >= 0.3 is 0 Å². The smallest absolute Gasteiger partial charge is 0.184 e. The molecule has 0 amide bonds. The molecule has 0 radical (unpaired) electrons. The summed E-state index contributed by atoms with van der Waals surface area (Å²) in [6, 6.07) is 4.64. The van der Waals surface area contributed by atoms with Gasteiger partial charge in [-0.3, -0.25) is 0 Å². The van der Waals surface area contributed by atoms with Crippen LogP contribution >= 0.6 is 11.6 Å². The number of benzene rings is 1. The van der Waals surface area contributed by atoms with Crippen LogP contribution in [0.25, 0.3) is 0 Å². The molecule has 0 saturated carbocycles. The summed E-state index contributed by atoms with van der Waals surface area (Å²) >= 11 is 5.74. The van der Waals surface area contributed by atoms with Crippen molar-refractivity contribution >= 4 is 17.8 Å². The topological polar surface area (TPSA) is 41.8 Å². The lowest BCUT2D eigenvalue weighted by molar-refractivity contribution is 0.114. The quantitative estimate of drug-likeness (QED) is 0.486. The standard InChI is InChI=1S/C11H10ClNO2/c1-3-8(2)15-13-7-9-6-10(12)4-5-11(9)14/h1,4-8,14H,2H3. The molecule has 1 aromatic rings. The molecule has 0 spiro atoms. The van der Waals surface area contributed by atoms with Gasteiger partial charge in [0.05, 0.1) is 6.21 Å². The molecule has 3 nitrogen and oxygen atoms in total. The van der Waals surface area contributed by atoms with Crippen LogP contribution in [0, 0.1) is 12.3 Å². The van der Waals surface area contributed by atoms with Crippen LogP contribution in [-0.2, 0) is 4.84 Å². The number of terminal acetylenes is 1. The van der Waals surface area contributed by atoms with Gasteiger partial charge in [0.25, 0.3) is 0 Å². The van der Waals surface area contributed by atoms with E-state index < -0.39 is 6.10 Å². The number of hydrogen-bond donors (Lipinski definition) is 1. The van der Waals surface area contributed by atoms with Crippen molar-refractivity contribution in [2.24, 2.45) is 5.16 Å². The molecule has 78 valence electrons. The third kappa shape index (κ3) is 3.53. The molecular weight excluding hydrogens is 214 g/mol. The largest absolute Gasteiger partial charge is 0.507 e. The predicted molar refractivity (Wildman–Crippen MR) is 60.1 cm³/mol. The number of phenols is 1. The zero-order chi connectivity index (χ0) is 11.3. The second-order valence-corrected chi connectivity index (χ2v) is 3.29. The van der Waals surface area contributed by atoms with Crippen molar-refractivity contribution in [1.82, 2.24) is 0 Å². The van der Waals surface area contributed by atoms with Crippen molar-refractivity contribution in [3.8, 4) is 18.1 Å². The van der Waals surface area contributed by atoms with Crippen LogP contribution in [0.5, 0.6) is 5.75 Å². The highest BCUT2D eigenvalue weighted by atomic mass is 35.5. The van der Waals surface area contributed by atoms with Gasteiger partial charge in [-0.1, -0.05) is 22.7 Å². The van der Waals surface area contributed by atoms with Gasteiger partial charge in [-0.2, -0.15) is 0 Å². The molecule has 0 bridgehead atoms. The van der Waals surface area contributed by atoms with E-state index in [9.17, 15) is 5.11 Å². The maximum Gasteiger partial charge on any atom is 0.184 e. The number of oxime groups is 1. The normalized spacial score (nSPS) is 12.3. The Bertz CT molecular complexity index is 410. The first kappa shape index (κ1) is 11.4. The van der Waals surface area contributed by atoms with Gasteiger partial charge in [-0.05, 0) is 25.1 Å². The van der Waals surface area contributed by atoms with Gasteiger partial charge in [-0.15, -0.1) is 6.42 Å². The molecule has 1 unspecified atom stereocenters. The minimum atomic E-state index is -0.400. The van der Waals surface area contributed by atoms with E-state index >= 15 is 0 Å². The Balaban J connectivity index is 2.72. The number of halogens is 1. The van der Waals surface area contributed by atoms with Crippen LogP contribution < -0.4 is 0 Å². The lowest BCUT2D eigenvalue weighted by Gasteiger charge is -2.01. The van der Waals surface area contributed by atoms with E-state index in [1.807, 2.05) is 0 Å². The number of hydrogen-bond acceptors (Lipinski definition) is 3. The van der Waals surface area contributed by atoms with Crippen molar-refractivity contribution in [1.29, 1.82) is 0 Å². The van der Waals surface area contributed by atoms with Crippen LogP contribution in [0.4, 0.5) is 0 Å². The van der Waals surface area contributed by atoms with Crippen LogP contribution in [0.15, 0.2) is 23.4 Å². The molecule has 0 fully saturated rings. The summed E-state index contributed by atoms with van der Waals surface area (Å²) in [6.45, 7) is 1.69. The Morgan fingerprint density at radius 1 is 1.67 bits per heavy atom. The van der Waals surface area contributed by atoms with E-state index in [-0.39, 0.29) is 5.75 Å². The maximum atomic E-state index is 9.41. The Morgan fingerprint density at radius 3 is 3.07 bits per heavy atom. The fourth-order valence-corrected chi connectivity index (χ4v) is 1.02. The summed E-state index contributed by atoms with van der Waals surface area (Å²) in [6.07, 6.45) is 6.04. The molecule has 0 aliphatic carbocycles. The average molecular weight is 224 g/mol. The average Bonchev–Trinajstić information content (AvgIpc) is 2.23. The summed E-state index contributed by atoms with van der Waals surface area (Å²) in [4.78, 5) is 4.87. The SMILES string of the molecule is C#CC(C)ON=Cc1cc(Cl)ccc1O. The maximum absolute atomic E-state index is 9.41. The first-order valence-electron chi connectivity index (χ1n) is 4.27. The fourth-order valence-electron chi connectivity index (χ4n) is 0.838. The molecule has 0 saturated heterocycles. The van der Waals surface area contributed by atoms with E-state index in [1.54, 1.807) is 19.1 Å². The van der Waals surface area contributed by atoms with Gasteiger partial charge in [-0.25, -0.2) is 0 Å². The molecule has 1 aromatic carbocycles. The van der Waals surface area contributed by atoms with E-state index in [1.165, 1.54) is 12.3 Å². The van der Waals surface area contributed by atoms with Crippen molar-refractivity contribution in [2.45, 2.75) is 13.0 Å². The summed E-state index contributed by atoms with van der Waals surface area (Å²) < 4.78 is 0. The predicted octanol–water partition coefficient (Wildman–Crippen LogP) is 2.42. The summed E-state index contributed by atoms with van der Waals surface area (Å²) in [5.41, 5.74) is 0.478. The van der Waals surface area contributed by atoms with Crippen molar-refractivity contribution in [2.75, 3.05) is 0 Å². The second kappa shape index (κ2) is 5.28. The van der Waals surface area contributed by atoms with Crippen LogP contribution in [0.3, 0.4) is 0 Å². The summed E-state index contributed by atoms with van der Waals surface area (Å²) in [5, 5.41) is 13.6. The summed E-state index contributed by atoms with van der Waals surface area (Å²) in [5.74, 6) is 2.44. The Labute approximate surface area is 93.3 Å².